The van der Waals surface area contributed by atoms with E-state index in [1.165, 1.54) is 0 Å². The fraction of sp³-hybridized carbons (Fsp3) is 0.409. The molecule has 160 valence electrons. The molecule has 1 aromatic carbocycles. The number of rotatable bonds is 6. The number of hydrogen-bond donors (Lipinski definition) is 2. The fourth-order valence-electron chi connectivity index (χ4n) is 5.30. The first-order valence-corrected chi connectivity index (χ1v) is 10.7. The summed E-state index contributed by atoms with van der Waals surface area (Å²) in [6.45, 7) is 2.26. The lowest BCUT2D eigenvalue weighted by Crippen LogP contribution is -2.49. The second-order valence-corrected chi connectivity index (χ2v) is 8.28. The van der Waals surface area contributed by atoms with Crippen molar-refractivity contribution in [1.29, 1.82) is 0 Å². The number of nitrogens with zero attached hydrogens (tertiary/aromatic N) is 5. The number of benzene rings is 1. The number of tetrazole rings is 1. The summed E-state index contributed by atoms with van der Waals surface area (Å²) in [6, 6.07) is 13.2. The molecule has 3 atom stereocenters. The van der Waals surface area contributed by atoms with Crippen LogP contribution in [0.2, 0.25) is 0 Å². The van der Waals surface area contributed by atoms with Crippen LogP contribution >= 0.6 is 0 Å². The van der Waals surface area contributed by atoms with Gasteiger partial charge in [0, 0.05) is 18.3 Å². The summed E-state index contributed by atoms with van der Waals surface area (Å²) in [5.41, 5.74) is 0.826. The molecule has 2 aromatic heterocycles. The summed E-state index contributed by atoms with van der Waals surface area (Å²) in [5.74, 6) is 0.510. The van der Waals surface area contributed by atoms with Gasteiger partial charge in [0.15, 0.2) is 5.82 Å². The average Bonchev–Trinajstić information content (AvgIpc) is 3.60. The number of H-pyrrole nitrogens is 1. The lowest BCUT2D eigenvalue weighted by molar-refractivity contribution is -0.133. The highest BCUT2D eigenvalue weighted by molar-refractivity contribution is 5.95. The molecule has 0 radical (unpaired) electrons. The molecule has 2 aliphatic rings. The summed E-state index contributed by atoms with van der Waals surface area (Å²) >= 11 is 0. The molecule has 4 heterocycles. The van der Waals surface area contributed by atoms with Gasteiger partial charge in [-0.1, -0.05) is 25.1 Å². The van der Waals surface area contributed by atoms with Crippen LogP contribution in [0.4, 0.5) is 0 Å². The van der Waals surface area contributed by atoms with Crippen LogP contribution in [-0.2, 0) is 11.3 Å². The van der Waals surface area contributed by atoms with E-state index in [4.69, 9.17) is 0 Å². The van der Waals surface area contributed by atoms with Crippen molar-refractivity contribution in [2.45, 2.75) is 51.2 Å². The molecular formula is C22H25N7O2. The quantitative estimate of drug-likeness (QED) is 0.636. The number of hydrogen-bond acceptors (Lipinski definition) is 5. The highest BCUT2D eigenvalue weighted by Crippen LogP contribution is 2.52. The molecule has 2 fully saturated rings. The predicted octanol–water partition coefficient (Wildman–Crippen LogP) is 2.08. The van der Waals surface area contributed by atoms with E-state index in [0.717, 1.165) is 18.5 Å². The number of aromatic nitrogens is 5. The van der Waals surface area contributed by atoms with Crippen molar-refractivity contribution in [3.05, 3.63) is 60.2 Å². The molecule has 2 saturated heterocycles. The maximum Gasteiger partial charge on any atom is 0.270 e. The molecule has 3 aromatic rings. The SMILES string of the molecule is CC[C@]1(C(=O)NCc2nnnn2-c2ccccc2)C[C@H]2CC[C@@H]1N2C(=O)c1ccc[nH]1. The van der Waals surface area contributed by atoms with E-state index in [2.05, 4.69) is 25.8 Å². The first kappa shape index (κ1) is 19.5. The lowest BCUT2D eigenvalue weighted by atomic mass is 9.71. The zero-order chi connectivity index (χ0) is 21.4. The van der Waals surface area contributed by atoms with E-state index in [0.29, 0.717) is 24.4 Å². The molecule has 0 unspecified atom stereocenters. The van der Waals surface area contributed by atoms with Gasteiger partial charge >= 0.3 is 0 Å². The van der Waals surface area contributed by atoms with E-state index in [1.54, 1.807) is 16.9 Å². The second kappa shape index (κ2) is 7.64. The maximum atomic E-state index is 13.5. The molecule has 31 heavy (non-hydrogen) atoms. The molecule has 2 aliphatic heterocycles. The van der Waals surface area contributed by atoms with Crippen molar-refractivity contribution < 1.29 is 9.59 Å². The molecule has 2 bridgehead atoms. The maximum absolute atomic E-state index is 13.5. The summed E-state index contributed by atoms with van der Waals surface area (Å²) in [7, 11) is 0. The average molecular weight is 419 g/mol. The Morgan fingerprint density at radius 3 is 2.77 bits per heavy atom. The third-order valence-electron chi connectivity index (χ3n) is 6.83. The van der Waals surface area contributed by atoms with Crippen molar-refractivity contribution in [3.8, 4) is 5.69 Å². The van der Waals surface area contributed by atoms with Crippen LogP contribution in [0.15, 0.2) is 48.7 Å². The first-order valence-electron chi connectivity index (χ1n) is 10.7. The topological polar surface area (TPSA) is 109 Å². The Hall–Kier alpha value is -3.49. The van der Waals surface area contributed by atoms with Crippen molar-refractivity contribution in [2.75, 3.05) is 0 Å². The monoisotopic (exact) mass is 419 g/mol. The zero-order valence-electron chi connectivity index (χ0n) is 17.4. The molecule has 2 N–H and O–H groups in total. The number of nitrogens with one attached hydrogen (secondary N) is 2. The standard InChI is InChI=1S/C22H25N7O2/c1-2-22(13-16-10-11-18(22)28(16)20(30)17-9-6-12-23-17)21(31)24-14-19-25-26-27-29(19)15-7-4-3-5-8-15/h3-9,12,16,18,23H,2,10-11,13-14H2,1H3,(H,24,31)/t16-,18+,22+/m1/s1. The third kappa shape index (κ3) is 3.11. The molecular weight excluding hydrogens is 394 g/mol. The Balaban J connectivity index is 1.34. The normalized spacial score (nSPS) is 24.5. The van der Waals surface area contributed by atoms with Crippen molar-refractivity contribution in [3.63, 3.8) is 0 Å². The number of amides is 2. The number of para-hydroxylation sites is 1. The second-order valence-electron chi connectivity index (χ2n) is 8.28. The van der Waals surface area contributed by atoms with Crippen LogP contribution in [0.5, 0.6) is 0 Å². The molecule has 2 amide bonds. The van der Waals surface area contributed by atoms with Gasteiger partial charge in [-0.15, -0.1) is 5.10 Å². The molecule has 0 spiro atoms. The molecule has 9 heteroatoms. The summed E-state index contributed by atoms with van der Waals surface area (Å²) in [6.07, 6.45) is 4.91. The van der Waals surface area contributed by atoms with Crippen LogP contribution in [-0.4, -0.2) is 54.0 Å². The summed E-state index contributed by atoms with van der Waals surface area (Å²) in [5, 5.41) is 15.0. The predicted molar refractivity (Wildman–Crippen MR) is 112 cm³/mol. The van der Waals surface area contributed by atoms with Gasteiger partial charge in [-0.05, 0) is 60.4 Å². The van der Waals surface area contributed by atoms with Gasteiger partial charge in [-0.2, -0.15) is 4.68 Å². The van der Waals surface area contributed by atoms with Gasteiger partial charge in [0.1, 0.15) is 5.69 Å². The molecule has 5 rings (SSSR count). The van der Waals surface area contributed by atoms with Crippen LogP contribution in [0.1, 0.15) is 48.9 Å². The number of carbonyl (C=O) groups is 2. The van der Waals surface area contributed by atoms with Gasteiger partial charge in [-0.25, -0.2) is 0 Å². The van der Waals surface area contributed by atoms with E-state index in [9.17, 15) is 9.59 Å². The minimum Gasteiger partial charge on any atom is -0.357 e. The van der Waals surface area contributed by atoms with E-state index in [1.807, 2.05) is 48.2 Å². The van der Waals surface area contributed by atoms with Crippen molar-refractivity contribution in [2.24, 2.45) is 5.41 Å². The van der Waals surface area contributed by atoms with E-state index in [-0.39, 0.29) is 30.4 Å². The minimum atomic E-state index is -0.587. The highest BCUT2D eigenvalue weighted by Gasteiger charge is 2.60. The molecule has 0 saturated carbocycles. The van der Waals surface area contributed by atoms with Gasteiger partial charge in [-0.3, -0.25) is 9.59 Å². The Kier molecular flexibility index (Phi) is 4.80. The van der Waals surface area contributed by atoms with Crippen LogP contribution in [0, 0.1) is 5.41 Å². The largest absolute Gasteiger partial charge is 0.357 e. The zero-order valence-corrected chi connectivity index (χ0v) is 17.4. The minimum absolute atomic E-state index is 0.0198. The van der Waals surface area contributed by atoms with Gasteiger partial charge in [0.25, 0.3) is 5.91 Å². The number of carbonyl (C=O) groups excluding carboxylic acids is 2. The Labute approximate surface area is 179 Å². The summed E-state index contributed by atoms with van der Waals surface area (Å²) < 4.78 is 1.63. The smallest absolute Gasteiger partial charge is 0.270 e. The van der Waals surface area contributed by atoms with E-state index < -0.39 is 5.41 Å². The van der Waals surface area contributed by atoms with Crippen LogP contribution in [0.3, 0.4) is 0 Å². The lowest BCUT2D eigenvalue weighted by Gasteiger charge is -2.35. The Bertz CT molecular complexity index is 1080. The van der Waals surface area contributed by atoms with Gasteiger partial charge in [0.05, 0.1) is 17.6 Å². The van der Waals surface area contributed by atoms with Crippen molar-refractivity contribution >= 4 is 11.8 Å². The first-order chi connectivity index (χ1) is 15.1. The van der Waals surface area contributed by atoms with E-state index >= 15 is 0 Å². The number of fused-ring (bicyclic) bond motifs is 2. The van der Waals surface area contributed by atoms with Crippen LogP contribution < -0.4 is 5.32 Å². The van der Waals surface area contributed by atoms with Crippen molar-refractivity contribution in [1.82, 2.24) is 35.4 Å². The Morgan fingerprint density at radius 1 is 1.19 bits per heavy atom. The number of aromatic amines is 1. The highest BCUT2D eigenvalue weighted by atomic mass is 16.2. The van der Waals surface area contributed by atoms with Gasteiger partial charge < -0.3 is 15.2 Å². The fourth-order valence-corrected chi connectivity index (χ4v) is 5.30. The van der Waals surface area contributed by atoms with Crippen LogP contribution in [0.25, 0.3) is 5.69 Å². The molecule has 9 nitrogen and oxygen atoms in total. The third-order valence-corrected chi connectivity index (χ3v) is 6.83. The summed E-state index contributed by atoms with van der Waals surface area (Å²) in [4.78, 5) is 31.5. The Morgan fingerprint density at radius 2 is 2.03 bits per heavy atom. The molecule has 0 aliphatic carbocycles. The van der Waals surface area contributed by atoms with Gasteiger partial charge in [0.2, 0.25) is 5.91 Å².